The van der Waals surface area contributed by atoms with E-state index in [0.29, 0.717) is 13.2 Å². The number of hydrogen-bond acceptors (Lipinski definition) is 4. The van der Waals surface area contributed by atoms with Crippen LogP contribution in [0.15, 0.2) is 42.5 Å². The summed E-state index contributed by atoms with van der Waals surface area (Å²) in [6.07, 6.45) is 0. The summed E-state index contributed by atoms with van der Waals surface area (Å²) in [4.78, 5) is 12.4. The number of amides is 1. The predicted octanol–water partition coefficient (Wildman–Crippen LogP) is 4.01. The molecule has 1 amide bonds. The number of nitrogens with one attached hydrogen (secondary N) is 1. The zero-order chi connectivity index (χ0) is 19.4. The molecule has 0 bridgehead atoms. The van der Waals surface area contributed by atoms with E-state index < -0.39 is 0 Å². The van der Waals surface area contributed by atoms with E-state index in [1.165, 1.54) is 0 Å². The van der Waals surface area contributed by atoms with Crippen LogP contribution < -0.4 is 19.5 Å². The molecule has 0 radical (unpaired) electrons. The van der Waals surface area contributed by atoms with Crippen LogP contribution in [0, 0.1) is 0 Å². The Hall–Kier alpha value is -2.69. The van der Waals surface area contributed by atoms with Gasteiger partial charge < -0.3 is 19.5 Å². The molecule has 1 heterocycles. The Morgan fingerprint density at radius 2 is 1.81 bits per heavy atom. The van der Waals surface area contributed by atoms with Gasteiger partial charge in [-0.3, -0.25) is 4.79 Å². The number of para-hydroxylation sites is 1. The van der Waals surface area contributed by atoms with Crippen molar-refractivity contribution in [2.24, 2.45) is 0 Å². The number of hydrogen-bond donors (Lipinski definition) is 1. The summed E-state index contributed by atoms with van der Waals surface area (Å²) in [5.41, 5.74) is 1.99. The van der Waals surface area contributed by atoms with Crippen molar-refractivity contribution in [1.29, 1.82) is 0 Å². The minimum absolute atomic E-state index is 0.0258. The maximum absolute atomic E-state index is 12.4. The minimum Gasteiger partial charge on any atom is -0.486 e. The third kappa shape index (κ3) is 4.73. The van der Waals surface area contributed by atoms with E-state index in [4.69, 9.17) is 14.2 Å². The fourth-order valence-corrected chi connectivity index (χ4v) is 3.05. The average Bonchev–Trinajstić information content (AvgIpc) is 2.65. The van der Waals surface area contributed by atoms with Crippen LogP contribution in [0.1, 0.15) is 44.9 Å². The Bertz CT molecular complexity index is 810. The zero-order valence-electron chi connectivity index (χ0n) is 16.4. The molecule has 1 atom stereocenters. The standard InChI is InChI=1S/C22H27NO4/c1-15(16-9-10-19-20(13-16)26-12-11-25-19)23-21(24)14-27-18-8-6-5-7-17(18)22(2,3)4/h5-10,13,15H,11-12,14H2,1-4H3,(H,23,24)/t15-/m1/s1. The van der Waals surface area contributed by atoms with Gasteiger partial charge in [-0.05, 0) is 41.7 Å². The molecule has 0 aliphatic carbocycles. The summed E-state index contributed by atoms with van der Waals surface area (Å²) < 4.78 is 16.9. The van der Waals surface area contributed by atoms with Gasteiger partial charge >= 0.3 is 0 Å². The lowest BCUT2D eigenvalue weighted by Gasteiger charge is -2.23. The first-order chi connectivity index (χ1) is 12.8. The number of benzene rings is 2. The maximum Gasteiger partial charge on any atom is 0.258 e. The summed E-state index contributed by atoms with van der Waals surface area (Å²) in [5, 5.41) is 2.97. The van der Waals surface area contributed by atoms with Gasteiger partial charge in [0.05, 0.1) is 6.04 Å². The van der Waals surface area contributed by atoms with Crippen molar-refractivity contribution >= 4 is 5.91 Å². The molecule has 3 rings (SSSR count). The number of carbonyl (C=O) groups is 1. The van der Waals surface area contributed by atoms with E-state index in [1.54, 1.807) is 0 Å². The van der Waals surface area contributed by atoms with Crippen LogP contribution in [0.4, 0.5) is 0 Å². The molecule has 0 unspecified atom stereocenters. The van der Waals surface area contributed by atoms with Crippen LogP contribution in [0.3, 0.4) is 0 Å². The van der Waals surface area contributed by atoms with Crippen molar-refractivity contribution in [2.75, 3.05) is 19.8 Å². The molecule has 2 aromatic rings. The molecule has 0 fully saturated rings. The van der Waals surface area contributed by atoms with E-state index in [-0.39, 0.29) is 24.0 Å². The minimum atomic E-state index is -0.166. The van der Waals surface area contributed by atoms with Crippen LogP contribution in [0.25, 0.3) is 0 Å². The summed E-state index contributed by atoms with van der Waals surface area (Å²) in [6, 6.07) is 13.4. The van der Waals surface area contributed by atoms with Crippen LogP contribution in [0.2, 0.25) is 0 Å². The second-order valence-corrected chi connectivity index (χ2v) is 7.73. The molecule has 0 aromatic heterocycles. The third-order valence-corrected chi connectivity index (χ3v) is 4.50. The summed E-state index contributed by atoms with van der Waals surface area (Å²) >= 11 is 0. The summed E-state index contributed by atoms with van der Waals surface area (Å²) in [6.45, 7) is 9.39. The van der Waals surface area contributed by atoms with Crippen LogP contribution in [-0.4, -0.2) is 25.7 Å². The van der Waals surface area contributed by atoms with Crippen molar-refractivity contribution in [1.82, 2.24) is 5.32 Å². The average molecular weight is 369 g/mol. The lowest BCUT2D eigenvalue weighted by Crippen LogP contribution is -2.31. The predicted molar refractivity (Wildman–Crippen MR) is 105 cm³/mol. The number of rotatable bonds is 5. The normalized spacial score (nSPS) is 14.4. The van der Waals surface area contributed by atoms with Gasteiger partial charge in [0, 0.05) is 0 Å². The van der Waals surface area contributed by atoms with E-state index >= 15 is 0 Å². The quantitative estimate of drug-likeness (QED) is 0.865. The van der Waals surface area contributed by atoms with Gasteiger partial charge in [-0.1, -0.05) is 45.0 Å². The van der Waals surface area contributed by atoms with Gasteiger partial charge in [0.15, 0.2) is 18.1 Å². The molecule has 5 nitrogen and oxygen atoms in total. The smallest absolute Gasteiger partial charge is 0.258 e. The highest BCUT2D eigenvalue weighted by molar-refractivity contribution is 5.78. The van der Waals surface area contributed by atoms with Gasteiger partial charge in [0.25, 0.3) is 5.91 Å². The van der Waals surface area contributed by atoms with Crippen molar-refractivity contribution in [3.8, 4) is 17.2 Å². The highest BCUT2D eigenvalue weighted by Gasteiger charge is 2.20. The number of carbonyl (C=O) groups excluding carboxylic acids is 1. The fraction of sp³-hybridized carbons (Fsp3) is 0.409. The molecule has 0 spiro atoms. The van der Waals surface area contributed by atoms with E-state index in [1.807, 2.05) is 49.4 Å². The monoisotopic (exact) mass is 369 g/mol. The highest BCUT2D eigenvalue weighted by atomic mass is 16.6. The lowest BCUT2D eigenvalue weighted by atomic mass is 9.86. The van der Waals surface area contributed by atoms with E-state index in [9.17, 15) is 4.79 Å². The van der Waals surface area contributed by atoms with Crippen molar-refractivity contribution < 1.29 is 19.0 Å². The second-order valence-electron chi connectivity index (χ2n) is 7.73. The first-order valence-corrected chi connectivity index (χ1v) is 9.26. The van der Waals surface area contributed by atoms with Crippen LogP contribution in [0.5, 0.6) is 17.2 Å². The molecule has 1 N–H and O–H groups in total. The molecular formula is C22H27NO4. The highest BCUT2D eigenvalue weighted by Crippen LogP contribution is 2.33. The molecule has 1 aliphatic heterocycles. The Balaban J connectivity index is 1.60. The van der Waals surface area contributed by atoms with Crippen LogP contribution >= 0.6 is 0 Å². The summed E-state index contributed by atoms with van der Waals surface area (Å²) in [7, 11) is 0. The Morgan fingerprint density at radius 1 is 1.11 bits per heavy atom. The van der Waals surface area contributed by atoms with Gasteiger partial charge in [-0.25, -0.2) is 0 Å². The first kappa shape index (κ1) is 19.1. The maximum atomic E-state index is 12.4. The second kappa shape index (κ2) is 7.91. The third-order valence-electron chi connectivity index (χ3n) is 4.50. The molecule has 0 saturated heterocycles. The first-order valence-electron chi connectivity index (χ1n) is 9.26. The van der Waals surface area contributed by atoms with E-state index in [0.717, 1.165) is 28.4 Å². The molecule has 5 heteroatoms. The van der Waals surface area contributed by atoms with Gasteiger partial charge in [-0.2, -0.15) is 0 Å². The Morgan fingerprint density at radius 3 is 2.56 bits per heavy atom. The van der Waals surface area contributed by atoms with E-state index in [2.05, 4.69) is 26.1 Å². The van der Waals surface area contributed by atoms with Crippen molar-refractivity contribution in [3.63, 3.8) is 0 Å². The zero-order valence-corrected chi connectivity index (χ0v) is 16.4. The van der Waals surface area contributed by atoms with Crippen molar-refractivity contribution in [3.05, 3.63) is 53.6 Å². The Labute approximate surface area is 160 Å². The van der Waals surface area contributed by atoms with Gasteiger partial charge in [0.1, 0.15) is 19.0 Å². The van der Waals surface area contributed by atoms with Gasteiger partial charge in [0.2, 0.25) is 0 Å². The molecule has 2 aromatic carbocycles. The van der Waals surface area contributed by atoms with Crippen molar-refractivity contribution in [2.45, 2.75) is 39.2 Å². The lowest BCUT2D eigenvalue weighted by molar-refractivity contribution is -0.123. The topological polar surface area (TPSA) is 56.8 Å². The molecule has 27 heavy (non-hydrogen) atoms. The van der Waals surface area contributed by atoms with Gasteiger partial charge in [-0.15, -0.1) is 0 Å². The van der Waals surface area contributed by atoms with Crippen LogP contribution in [-0.2, 0) is 10.2 Å². The fourth-order valence-electron chi connectivity index (χ4n) is 3.05. The summed E-state index contributed by atoms with van der Waals surface area (Å²) in [5.74, 6) is 2.04. The Kier molecular flexibility index (Phi) is 5.59. The molecule has 1 aliphatic rings. The molecule has 144 valence electrons. The molecular weight excluding hydrogens is 342 g/mol. The largest absolute Gasteiger partial charge is 0.486 e. The number of fused-ring (bicyclic) bond motifs is 1. The molecule has 0 saturated carbocycles. The SMILES string of the molecule is C[C@@H](NC(=O)COc1ccccc1C(C)(C)C)c1ccc2c(c1)OCCO2. The number of ether oxygens (including phenoxy) is 3.